The van der Waals surface area contributed by atoms with Crippen molar-refractivity contribution in [3.05, 3.63) is 52.1 Å². The van der Waals surface area contributed by atoms with Crippen LogP contribution in [0.5, 0.6) is 17.4 Å². The molecule has 1 aromatic heterocycles. The van der Waals surface area contributed by atoms with Gasteiger partial charge in [0.2, 0.25) is 5.88 Å². The molecule has 1 atom stereocenters. The summed E-state index contributed by atoms with van der Waals surface area (Å²) in [5.41, 5.74) is 0.795. The first-order valence-electron chi connectivity index (χ1n) is 10.3. The number of hydrogen-bond donors (Lipinski definition) is 1. The van der Waals surface area contributed by atoms with E-state index < -0.39 is 11.9 Å². The molecule has 0 unspecified atom stereocenters. The first-order chi connectivity index (χ1) is 15.9. The second-order valence-corrected chi connectivity index (χ2v) is 9.27. The quantitative estimate of drug-likeness (QED) is 0.514. The number of hydrogen-bond acceptors (Lipinski definition) is 7. The van der Waals surface area contributed by atoms with Crippen LogP contribution in [0.1, 0.15) is 22.5 Å². The maximum atomic E-state index is 14.3. The van der Waals surface area contributed by atoms with Crippen molar-refractivity contribution < 1.29 is 28.5 Å². The van der Waals surface area contributed by atoms with E-state index >= 15 is 0 Å². The molecule has 1 saturated carbocycles. The Hall–Kier alpha value is -2.88. The van der Waals surface area contributed by atoms with Gasteiger partial charge in [-0.15, -0.1) is 11.3 Å². The van der Waals surface area contributed by atoms with Crippen LogP contribution in [-0.2, 0) is 0 Å². The number of halogens is 2. The SMILES string of the molecule is COc1cc(N2COc3nc(-c4ccc(Cl)cc4F)sc3C2=O)ccc1OC[C@H](O)C1CC1. The standard InChI is InChI=1S/C23H20ClFN2O5S/c1-30-19-9-14(5-7-18(19)31-10-17(28)12-2-3-12)27-11-32-21-20(23(27)29)33-22(26-21)15-6-4-13(24)8-16(15)25/h4-9,12,17,28H,2-3,10-11H2,1H3/t17-/m0/s1. The van der Waals surface area contributed by atoms with Gasteiger partial charge in [-0.05, 0) is 49.1 Å². The van der Waals surface area contributed by atoms with Gasteiger partial charge in [0, 0.05) is 16.7 Å². The smallest absolute Gasteiger partial charge is 0.276 e. The number of carbonyl (C=O) groups is 1. The van der Waals surface area contributed by atoms with Gasteiger partial charge in [-0.3, -0.25) is 9.69 Å². The minimum atomic E-state index is -0.523. The van der Waals surface area contributed by atoms with Gasteiger partial charge in [-0.1, -0.05) is 11.6 Å². The summed E-state index contributed by atoms with van der Waals surface area (Å²) in [5, 5.41) is 10.7. The third kappa shape index (κ3) is 4.36. The number of aromatic nitrogens is 1. The van der Waals surface area contributed by atoms with Crippen molar-refractivity contribution in [3.8, 4) is 28.0 Å². The van der Waals surface area contributed by atoms with Gasteiger partial charge < -0.3 is 19.3 Å². The minimum absolute atomic E-state index is 0.0537. The Labute approximate surface area is 198 Å². The fourth-order valence-corrected chi connectivity index (χ4v) is 4.70. The number of amides is 1. The van der Waals surface area contributed by atoms with E-state index in [4.69, 9.17) is 25.8 Å². The lowest BCUT2D eigenvalue weighted by Gasteiger charge is -2.26. The van der Waals surface area contributed by atoms with Crippen LogP contribution in [-0.4, -0.2) is 42.5 Å². The number of ether oxygens (including phenoxy) is 3. The molecule has 0 saturated heterocycles. The lowest BCUT2D eigenvalue weighted by atomic mass is 10.2. The molecule has 3 aromatic rings. The van der Waals surface area contributed by atoms with Crippen molar-refractivity contribution in [2.75, 3.05) is 25.3 Å². The molecule has 2 aromatic carbocycles. The number of anilines is 1. The molecule has 33 heavy (non-hydrogen) atoms. The Morgan fingerprint density at radius 2 is 2.12 bits per heavy atom. The van der Waals surface area contributed by atoms with Gasteiger partial charge >= 0.3 is 0 Å². The minimum Gasteiger partial charge on any atom is -0.493 e. The average Bonchev–Trinajstić information content (AvgIpc) is 3.57. The molecule has 1 fully saturated rings. The molecular weight excluding hydrogens is 471 g/mol. The van der Waals surface area contributed by atoms with Crippen LogP contribution in [0.3, 0.4) is 0 Å². The topological polar surface area (TPSA) is 81.1 Å². The molecule has 5 rings (SSSR count). The van der Waals surface area contributed by atoms with Crippen molar-refractivity contribution in [3.63, 3.8) is 0 Å². The van der Waals surface area contributed by atoms with Crippen LogP contribution < -0.4 is 19.1 Å². The van der Waals surface area contributed by atoms with Crippen LogP contribution in [0.25, 0.3) is 10.6 Å². The molecule has 2 heterocycles. The van der Waals surface area contributed by atoms with E-state index in [-0.39, 0.29) is 40.6 Å². The zero-order valence-corrected chi connectivity index (χ0v) is 19.2. The molecule has 2 aliphatic rings. The molecule has 1 aliphatic carbocycles. The monoisotopic (exact) mass is 490 g/mol. The van der Waals surface area contributed by atoms with Crippen LogP contribution in [0.2, 0.25) is 5.02 Å². The highest BCUT2D eigenvalue weighted by atomic mass is 35.5. The summed E-state index contributed by atoms with van der Waals surface area (Å²) in [6, 6.07) is 9.37. The van der Waals surface area contributed by atoms with Gasteiger partial charge in [-0.25, -0.2) is 9.37 Å². The zero-order valence-electron chi connectivity index (χ0n) is 17.6. The van der Waals surface area contributed by atoms with E-state index in [1.807, 2.05) is 0 Å². The summed E-state index contributed by atoms with van der Waals surface area (Å²) >= 11 is 6.88. The van der Waals surface area contributed by atoms with Crippen molar-refractivity contribution in [1.29, 1.82) is 0 Å². The Morgan fingerprint density at radius 1 is 1.30 bits per heavy atom. The maximum Gasteiger partial charge on any atom is 0.276 e. The summed E-state index contributed by atoms with van der Waals surface area (Å²) in [7, 11) is 1.51. The Bertz CT molecular complexity index is 1220. The number of fused-ring (bicyclic) bond motifs is 1. The molecule has 1 amide bonds. The number of carbonyl (C=O) groups excluding carboxylic acids is 1. The first kappa shape index (κ1) is 21.9. The van der Waals surface area contributed by atoms with Crippen molar-refractivity contribution in [1.82, 2.24) is 4.98 Å². The number of aliphatic hydroxyl groups is 1. The summed E-state index contributed by atoms with van der Waals surface area (Å²) < 4.78 is 31.2. The summed E-state index contributed by atoms with van der Waals surface area (Å²) in [4.78, 5) is 19.2. The summed E-state index contributed by atoms with van der Waals surface area (Å²) in [6.07, 6.45) is 1.53. The molecule has 1 N–H and O–H groups in total. The molecule has 0 spiro atoms. The molecular formula is C23H20ClFN2O5S. The van der Waals surface area contributed by atoms with E-state index in [0.29, 0.717) is 28.1 Å². The van der Waals surface area contributed by atoms with Crippen LogP contribution in [0.15, 0.2) is 36.4 Å². The normalized spacial score (nSPS) is 16.2. The van der Waals surface area contributed by atoms with Gasteiger partial charge in [0.25, 0.3) is 5.91 Å². The zero-order chi connectivity index (χ0) is 23.1. The summed E-state index contributed by atoms with van der Waals surface area (Å²) in [6.45, 7) is 0.127. The second kappa shape index (κ2) is 8.81. The number of rotatable bonds is 7. The molecule has 0 bridgehead atoms. The predicted octanol–water partition coefficient (Wildman–Crippen LogP) is 4.76. The fourth-order valence-electron chi connectivity index (χ4n) is 3.55. The van der Waals surface area contributed by atoms with E-state index in [2.05, 4.69) is 4.98 Å². The average molecular weight is 491 g/mol. The van der Waals surface area contributed by atoms with E-state index in [1.165, 1.54) is 24.1 Å². The number of benzene rings is 2. The van der Waals surface area contributed by atoms with E-state index in [1.54, 1.807) is 24.3 Å². The predicted molar refractivity (Wildman–Crippen MR) is 122 cm³/mol. The highest BCUT2D eigenvalue weighted by Gasteiger charge is 2.33. The molecule has 10 heteroatoms. The summed E-state index contributed by atoms with van der Waals surface area (Å²) in [5.74, 6) is 0.553. The van der Waals surface area contributed by atoms with Crippen LogP contribution in [0, 0.1) is 11.7 Å². The Morgan fingerprint density at radius 3 is 2.85 bits per heavy atom. The van der Waals surface area contributed by atoms with Gasteiger partial charge in [0.1, 0.15) is 17.4 Å². The van der Waals surface area contributed by atoms with Gasteiger partial charge in [0.15, 0.2) is 23.1 Å². The highest BCUT2D eigenvalue weighted by Crippen LogP contribution is 2.40. The first-order valence-corrected chi connectivity index (χ1v) is 11.5. The Balaban J connectivity index is 1.37. The van der Waals surface area contributed by atoms with E-state index in [0.717, 1.165) is 24.2 Å². The van der Waals surface area contributed by atoms with Crippen molar-refractivity contribution >= 4 is 34.5 Å². The molecule has 1 aliphatic heterocycles. The second-order valence-electron chi connectivity index (χ2n) is 7.84. The third-order valence-electron chi connectivity index (χ3n) is 5.56. The van der Waals surface area contributed by atoms with Crippen molar-refractivity contribution in [2.45, 2.75) is 18.9 Å². The van der Waals surface area contributed by atoms with E-state index in [9.17, 15) is 14.3 Å². The van der Waals surface area contributed by atoms with Crippen LogP contribution >= 0.6 is 22.9 Å². The number of nitrogens with zero attached hydrogens (tertiary/aromatic N) is 2. The molecule has 172 valence electrons. The van der Waals surface area contributed by atoms with Crippen LogP contribution in [0.4, 0.5) is 10.1 Å². The fraction of sp³-hybridized carbons (Fsp3) is 0.304. The van der Waals surface area contributed by atoms with Gasteiger partial charge in [-0.2, -0.15) is 0 Å². The Kier molecular flexibility index (Phi) is 5.86. The number of aliphatic hydroxyl groups excluding tert-OH is 1. The lowest BCUT2D eigenvalue weighted by molar-refractivity contribution is 0.0880. The third-order valence-corrected chi connectivity index (χ3v) is 6.86. The maximum absolute atomic E-state index is 14.3. The highest BCUT2D eigenvalue weighted by molar-refractivity contribution is 7.17. The van der Waals surface area contributed by atoms with Crippen molar-refractivity contribution in [2.24, 2.45) is 5.92 Å². The number of thiazole rings is 1. The lowest BCUT2D eigenvalue weighted by Crippen LogP contribution is -2.38. The number of methoxy groups -OCH3 is 1. The molecule has 0 radical (unpaired) electrons. The largest absolute Gasteiger partial charge is 0.493 e. The molecule has 7 nitrogen and oxygen atoms in total. The van der Waals surface area contributed by atoms with Gasteiger partial charge in [0.05, 0.1) is 18.9 Å².